The predicted octanol–water partition coefficient (Wildman–Crippen LogP) is 3.23. The number of carbonyl (C=O) groups is 1. The number of fused-ring (bicyclic) bond motifs is 1. The van der Waals surface area contributed by atoms with Crippen LogP contribution in [0.4, 0.5) is 4.79 Å². The monoisotopic (exact) mass is 313 g/mol. The number of ether oxygens (including phenoxy) is 1. The van der Waals surface area contributed by atoms with Gasteiger partial charge in [0.1, 0.15) is 5.75 Å². The lowest BCUT2D eigenvalue weighted by Crippen LogP contribution is -2.44. The van der Waals surface area contributed by atoms with E-state index < -0.39 is 0 Å². The van der Waals surface area contributed by atoms with Crippen molar-refractivity contribution in [1.82, 2.24) is 15.2 Å². The summed E-state index contributed by atoms with van der Waals surface area (Å²) in [6.07, 6.45) is 4.31. The van der Waals surface area contributed by atoms with Crippen molar-refractivity contribution in [3.8, 4) is 5.75 Å². The Morgan fingerprint density at radius 1 is 1.22 bits per heavy atom. The molecule has 1 aromatic heterocycles. The zero-order valence-electron chi connectivity index (χ0n) is 13.5. The Bertz CT molecular complexity index is 712. The minimum absolute atomic E-state index is 0.118. The number of urea groups is 1. The Kier molecular flexibility index (Phi) is 3.63. The van der Waals surface area contributed by atoms with Gasteiger partial charge in [0.05, 0.1) is 7.11 Å². The molecule has 0 radical (unpaired) electrons. The first-order valence-electron chi connectivity index (χ1n) is 8.45. The highest BCUT2D eigenvalue weighted by Crippen LogP contribution is 2.31. The zero-order valence-corrected chi connectivity index (χ0v) is 13.5. The molecule has 0 unspecified atom stereocenters. The van der Waals surface area contributed by atoms with Gasteiger partial charge in [0, 0.05) is 41.6 Å². The molecule has 2 aliphatic rings. The van der Waals surface area contributed by atoms with E-state index in [1.807, 2.05) is 11.0 Å². The maximum Gasteiger partial charge on any atom is 0.317 e. The number of amides is 2. The molecular weight excluding hydrogens is 290 g/mol. The first-order valence-corrected chi connectivity index (χ1v) is 8.45. The number of likely N-dealkylation sites (tertiary alicyclic amines) is 1. The van der Waals surface area contributed by atoms with Crippen LogP contribution in [0, 0.1) is 0 Å². The van der Waals surface area contributed by atoms with Crippen molar-refractivity contribution in [2.24, 2.45) is 0 Å². The number of hydrogen-bond acceptors (Lipinski definition) is 2. The molecule has 0 atom stereocenters. The van der Waals surface area contributed by atoms with Crippen LogP contribution in [0.5, 0.6) is 5.75 Å². The minimum atomic E-state index is 0.118. The summed E-state index contributed by atoms with van der Waals surface area (Å²) < 4.78 is 5.29. The van der Waals surface area contributed by atoms with E-state index in [4.69, 9.17) is 4.74 Å². The van der Waals surface area contributed by atoms with Crippen molar-refractivity contribution >= 4 is 16.9 Å². The van der Waals surface area contributed by atoms with Crippen LogP contribution in [0.15, 0.2) is 24.3 Å². The number of methoxy groups -OCH3 is 1. The second-order valence-electron chi connectivity index (χ2n) is 6.66. The van der Waals surface area contributed by atoms with Gasteiger partial charge >= 0.3 is 6.03 Å². The number of nitrogens with zero attached hydrogens (tertiary/aromatic N) is 1. The van der Waals surface area contributed by atoms with Gasteiger partial charge < -0.3 is 19.9 Å². The highest BCUT2D eigenvalue weighted by molar-refractivity contribution is 5.82. The van der Waals surface area contributed by atoms with Crippen molar-refractivity contribution in [2.75, 3.05) is 20.2 Å². The maximum atomic E-state index is 12.1. The molecule has 2 aromatic rings. The van der Waals surface area contributed by atoms with Crippen LogP contribution >= 0.6 is 0 Å². The van der Waals surface area contributed by atoms with Crippen molar-refractivity contribution in [2.45, 2.75) is 37.6 Å². The van der Waals surface area contributed by atoms with Gasteiger partial charge in [-0.15, -0.1) is 0 Å². The lowest BCUT2D eigenvalue weighted by molar-refractivity contribution is 0.180. The average molecular weight is 313 g/mol. The number of piperidine rings is 1. The normalized spacial score (nSPS) is 19.1. The van der Waals surface area contributed by atoms with Crippen LogP contribution in [0.1, 0.15) is 37.3 Å². The molecule has 2 amide bonds. The topological polar surface area (TPSA) is 57.4 Å². The molecule has 23 heavy (non-hydrogen) atoms. The Morgan fingerprint density at radius 3 is 2.70 bits per heavy atom. The van der Waals surface area contributed by atoms with Crippen LogP contribution in [0.2, 0.25) is 0 Å². The Morgan fingerprint density at radius 2 is 2.00 bits per heavy atom. The highest BCUT2D eigenvalue weighted by Gasteiger charge is 2.29. The third-order valence-corrected chi connectivity index (χ3v) is 4.98. The summed E-state index contributed by atoms with van der Waals surface area (Å²) in [5.74, 6) is 1.38. The molecule has 4 rings (SSSR count). The molecular formula is C18H23N3O2. The lowest BCUT2D eigenvalue weighted by Gasteiger charge is -2.31. The van der Waals surface area contributed by atoms with Gasteiger partial charge in [0.25, 0.3) is 0 Å². The molecule has 5 nitrogen and oxygen atoms in total. The third kappa shape index (κ3) is 3.00. The Hall–Kier alpha value is -2.17. The quantitative estimate of drug-likeness (QED) is 0.914. The van der Waals surface area contributed by atoms with Gasteiger partial charge in [-0.05, 0) is 49.9 Å². The second-order valence-corrected chi connectivity index (χ2v) is 6.66. The molecule has 0 spiro atoms. The van der Waals surface area contributed by atoms with Crippen LogP contribution in [-0.4, -0.2) is 42.2 Å². The first kappa shape index (κ1) is 14.4. The van der Waals surface area contributed by atoms with Crippen molar-refractivity contribution < 1.29 is 9.53 Å². The van der Waals surface area contributed by atoms with Crippen LogP contribution in [0.3, 0.4) is 0 Å². The SMILES string of the molecule is COc1ccc2[nH]c(C3CCN(C(=O)NC4CC4)CC3)cc2c1. The number of nitrogens with one attached hydrogen (secondary N) is 2. The van der Waals surface area contributed by atoms with E-state index in [9.17, 15) is 4.79 Å². The van der Waals surface area contributed by atoms with Gasteiger partial charge in [-0.2, -0.15) is 0 Å². The summed E-state index contributed by atoms with van der Waals surface area (Å²) in [4.78, 5) is 17.6. The van der Waals surface area contributed by atoms with E-state index in [1.54, 1.807) is 7.11 Å². The number of carbonyl (C=O) groups excluding carboxylic acids is 1. The predicted molar refractivity (Wildman–Crippen MR) is 90.0 cm³/mol. The van der Waals surface area contributed by atoms with E-state index in [-0.39, 0.29) is 6.03 Å². The third-order valence-electron chi connectivity index (χ3n) is 4.98. The van der Waals surface area contributed by atoms with Crippen LogP contribution < -0.4 is 10.1 Å². The average Bonchev–Trinajstić information content (AvgIpc) is 3.29. The van der Waals surface area contributed by atoms with Crippen LogP contribution in [-0.2, 0) is 0 Å². The van der Waals surface area contributed by atoms with Crippen molar-refractivity contribution in [1.29, 1.82) is 0 Å². The van der Waals surface area contributed by atoms with E-state index >= 15 is 0 Å². The summed E-state index contributed by atoms with van der Waals surface area (Å²) >= 11 is 0. The molecule has 122 valence electrons. The molecule has 0 bridgehead atoms. The number of benzene rings is 1. The molecule has 1 aliphatic carbocycles. The fourth-order valence-corrected chi connectivity index (χ4v) is 3.37. The smallest absolute Gasteiger partial charge is 0.317 e. The number of rotatable bonds is 3. The molecule has 2 heterocycles. The summed E-state index contributed by atoms with van der Waals surface area (Å²) in [6.45, 7) is 1.67. The zero-order chi connectivity index (χ0) is 15.8. The van der Waals surface area contributed by atoms with Gasteiger partial charge in [0.2, 0.25) is 0 Å². The van der Waals surface area contributed by atoms with E-state index in [2.05, 4.69) is 28.5 Å². The maximum absolute atomic E-state index is 12.1. The molecule has 2 fully saturated rings. The molecule has 5 heteroatoms. The van der Waals surface area contributed by atoms with Gasteiger partial charge in [-0.25, -0.2) is 4.79 Å². The minimum Gasteiger partial charge on any atom is -0.497 e. The summed E-state index contributed by atoms with van der Waals surface area (Å²) in [6, 6.07) is 8.88. The fraction of sp³-hybridized carbons (Fsp3) is 0.500. The number of aromatic nitrogens is 1. The summed E-state index contributed by atoms with van der Waals surface area (Å²) in [5, 5.41) is 4.27. The highest BCUT2D eigenvalue weighted by atomic mass is 16.5. The number of H-pyrrole nitrogens is 1. The molecule has 2 N–H and O–H groups in total. The summed E-state index contributed by atoms with van der Waals surface area (Å²) in [7, 11) is 1.69. The van der Waals surface area contributed by atoms with Gasteiger partial charge in [-0.3, -0.25) is 0 Å². The second kappa shape index (κ2) is 5.80. The van der Waals surface area contributed by atoms with Crippen LogP contribution in [0.25, 0.3) is 10.9 Å². The lowest BCUT2D eigenvalue weighted by atomic mass is 9.94. The van der Waals surface area contributed by atoms with Gasteiger partial charge in [0.15, 0.2) is 0 Å². The molecule has 1 aliphatic heterocycles. The Balaban J connectivity index is 1.42. The molecule has 1 saturated carbocycles. The largest absolute Gasteiger partial charge is 0.497 e. The van der Waals surface area contributed by atoms with Gasteiger partial charge in [-0.1, -0.05) is 0 Å². The fourth-order valence-electron chi connectivity index (χ4n) is 3.37. The first-order chi connectivity index (χ1) is 11.2. The molecule has 1 aromatic carbocycles. The van der Waals surface area contributed by atoms with E-state index in [0.717, 1.165) is 50.0 Å². The molecule has 1 saturated heterocycles. The number of aromatic amines is 1. The van der Waals surface area contributed by atoms with Crippen molar-refractivity contribution in [3.05, 3.63) is 30.0 Å². The standard InChI is InChI=1S/C18H23N3O2/c1-23-15-4-5-16-13(10-15)11-17(20-16)12-6-8-21(9-7-12)18(22)19-14-2-3-14/h4-5,10-12,14,20H,2-3,6-9H2,1H3,(H,19,22). The summed E-state index contributed by atoms with van der Waals surface area (Å²) in [5.41, 5.74) is 2.42. The van der Waals surface area contributed by atoms with E-state index in [1.165, 1.54) is 11.1 Å². The van der Waals surface area contributed by atoms with Crippen molar-refractivity contribution in [3.63, 3.8) is 0 Å². The number of hydrogen-bond donors (Lipinski definition) is 2. The van der Waals surface area contributed by atoms with E-state index in [0.29, 0.717) is 12.0 Å². The Labute approximate surface area is 136 Å².